The lowest BCUT2D eigenvalue weighted by molar-refractivity contribution is 0.0698. The first-order valence-corrected chi connectivity index (χ1v) is 6.89. The molecule has 0 radical (unpaired) electrons. The summed E-state index contributed by atoms with van der Waals surface area (Å²) in [6.07, 6.45) is 0.817. The molecule has 1 heterocycles. The van der Waals surface area contributed by atoms with E-state index >= 15 is 0 Å². The van der Waals surface area contributed by atoms with E-state index in [1.165, 1.54) is 10.6 Å². The first kappa shape index (κ1) is 15.0. The van der Waals surface area contributed by atoms with E-state index in [0.717, 1.165) is 6.42 Å². The van der Waals surface area contributed by atoms with Gasteiger partial charge in [-0.2, -0.15) is 0 Å². The zero-order chi connectivity index (χ0) is 15.7. The number of aromatic nitrogens is 2. The topological polar surface area (TPSA) is 92.2 Å². The molecule has 2 rings (SSSR count). The lowest BCUT2D eigenvalue weighted by atomic mass is 9.99. The van der Waals surface area contributed by atoms with E-state index in [9.17, 15) is 19.5 Å². The van der Waals surface area contributed by atoms with Gasteiger partial charge in [-0.25, -0.2) is 4.79 Å². The monoisotopic (exact) mass is 290 g/mol. The number of nitrogens with one attached hydrogen (secondary N) is 1. The number of carboxylic acid groups (broad SMARTS) is 1. The average molecular weight is 290 g/mol. The molecule has 0 bridgehead atoms. The maximum absolute atomic E-state index is 12.2. The number of rotatable bonds is 4. The van der Waals surface area contributed by atoms with Crippen molar-refractivity contribution < 1.29 is 9.90 Å². The maximum Gasteiger partial charge on any atom is 0.337 e. The van der Waals surface area contributed by atoms with Crippen molar-refractivity contribution in [2.45, 2.75) is 33.2 Å². The van der Waals surface area contributed by atoms with Gasteiger partial charge in [0.25, 0.3) is 0 Å². The molecule has 2 N–H and O–H groups in total. The van der Waals surface area contributed by atoms with Gasteiger partial charge in [-0.15, -0.1) is 0 Å². The number of carbonyl (C=O) groups is 1. The molecule has 6 heteroatoms. The summed E-state index contributed by atoms with van der Waals surface area (Å²) in [5.41, 5.74) is -0.822. The zero-order valence-corrected chi connectivity index (χ0v) is 12.2. The number of H-pyrrole nitrogens is 1. The highest BCUT2D eigenvalue weighted by Gasteiger charge is 2.21. The summed E-state index contributed by atoms with van der Waals surface area (Å²) in [5.74, 6) is -0.994. The third-order valence-corrected chi connectivity index (χ3v) is 4.04. The minimum absolute atomic E-state index is 0.0102. The van der Waals surface area contributed by atoms with Gasteiger partial charge in [0.1, 0.15) is 0 Å². The van der Waals surface area contributed by atoms with Gasteiger partial charge < -0.3 is 10.1 Å². The Bertz CT molecular complexity index is 803. The van der Waals surface area contributed by atoms with E-state index in [4.69, 9.17) is 0 Å². The summed E-state index contributed by atoms with van der Waals surface area (Å²) in [5, 5.41) is 9.34. The minimum atomic E-state index is -1.13. The highest BCUT2D eigenvalue weighted by atomic mass is 16.4. The Morgan fingerprint density at radius 2 is 2.00 bits per heavy atom. The second-order valence-corrected chi connectivity index (χ2v) is 5.26. The number of para-hydroxylation sites is 1. The molecule has 1 aromatic heterocycles. The molecule has 0 fully saturated rings. The minimum Gasteiger partial charge on any atom is -0.478 e. The third kappa shape index (κ3) is 2.49. The SMILES string of the molecule is CCC(C)C(C)n1c(=O)c(=O)[nH]c2cccc(C(=O)O)c21. The summed E-state index contributed by atoms with van der Waals surface area (Å²) >= 11 is 0. The fourth-order valence-corrected chi connectivity index (χ4v) is 2.45. The predicted molar refractivity (Wildman–Crippen MR) is 80.0 cm³/mol. The van der Waals surface area contributed by atoms with Gasteiger partial charge in [-0.05, 0) is 25.0 Å². The molecule has 0 aliphatic heterocycles. The Balaban J connectivity index is 2.96. The molecule has 21 heavy (non-hydrogen) atoms. The summed E-state index contributed by atoms with van der Waals surface area (Å²) in [6.45, 7) is 5.78. The smallest absolute Gasteiger partial charge is 0.337 e. The van der Waals surface area contributed by atoms with Crippen LogP contribution in [0.4, 0.5) is 0 Å². The Labute approximate surface area is 121 Å². The van der Waals surface area contributed by atoms with E-state index in [2.05, 4.69) is 4.98 Å². The Kier molecular flexibility index (Phi) is 3.97. The van der Waals surface area contributed by atoms with E-state index in [-0.39, 0.29) is 23.0 Å². The number of carboxylic acids is 1. The Morgan fingerprint density at radius 1 is 1.33 bits per heavy atom. The van der Waals surface area contributed by atoms with Crippen LogP contribution >= 0.6 is 0 Å². The van der Waals surface area contributed by atoms with Gasteiger partial charge in [0.05, 0.1) is 16.6 Å². The molecule has 112 valence electrons. The summed E-state index contributed by atoms with van der Waals surface area (Å²) < 4.78 is 1.31. The molecular weight excluding hydrogens is 272 g/mol. The number of nitrogens with zero attached hydrogens (tertiary/aromatic N) is 1. The van der Waals surface area contributed by atoms with Crippen molar-refractivity contribution >= 4 is 17.0 Å². The molecular formula is C15H18N2O4. The lowest BCUT2D eigenvalue weighted by Gasteiger charge is -2.23. The highest BCUT2D eigenvalue weighted by Crippen LogP contribution is 2.24. The molecule has 0 spiro atoms. The largest absolute Gasteiger partial charge is 0.478 e. The van der Waals surface area contributed by atoms with Crippen molar-refractivity contribution in [1.82, 2.24) is 9.55 Å². The lowest BCUT2D eigenvalue weighted by Crippen LogP contribution is -2.39. The van der Waals surface area contributed by atoms with Crippen LogP contribution in [0, 0.1) is 5.92 Å². The van der Waals surface area contributed by atoms with Crippen molar-refractivity contribution in [3.63, 3.8) is 0 Å². The molecule has 2 unspecified atom stereocenters. The summed E-state index contributed by atoms with van der Waals surface area (Å²) in [7, 11) is 0. The number of benzene rings is 1. The van der Waals surface area contributed by atoms with E-state index in [1.807, 2.05) is 20.8 Å². The number of hydrogen-bond donors (Lipinski definition) is 2. The van der Waals surface area contributed by atoms with Crippen LogP contribution in [0.1, 0.15) is 43.6 Å². The Hall–Kier alpha value is -2.37. The summed E-state index contributed by atoms with van der Waals surface area (Å²) in [4.78, 5) is 37.9. The zero-order valence-electron chi connectivity index (χ0n) is 12.2. The molecule has 0 saturated heterocycles. The number of hydrogen-bond acceptors (Lipinski definition) is 3. The molecule has 2 aromatic rings. The van der Waals surface area contributed by atoms with E-state index in [1.54, 1.807) is 12.1 Å². The summed E-state index contributed by atoms with van der Waals surface area (Å²) in [6, 6.07) is 4.31. The Morgan fingerprint density at radius 3 is 2.57 bits per heavy atom. The van der Waals surface area contributed by atoms with Gasteiger partial charge in [0.15, 0.2) is 0 Å². The molecule has 6 nitrogen and oxygen atoms in total. The van der Waals surface area contributed by atoms with Crippen LogP contribution < -0.4 is 11.1 Å². The van der Waals surface area contributed by atoms with E-state index < -0.39 is 17.1 Å². The molecule has 2 atom stereocenters. The fourth-order valence-electron chi connectivity index (χ4n) is 2.45. The van der Waals surface area contributed by atoms with Crippen molar-refractivity contribution in [2.75, 3.05) is 0 Å². The average Bonchev–Trinajstić information content (AvgIpc) is 2.46. The van der Waals surface area contributed by atoms with E-state index in [0.29, 0.717) is 5.52 Å². The van der Waals surface area contributed by atoms with Crippen LogP contribution in [0.5, 0.6) is 0 Å². The molecule has 0 aliphatic carbocycles. The van der Waals surface area contributed by atoms with Crippen molar-refractivity contribution in [1.29, 1.82) is 0 Å². The molecule has 0 saturated carbocycles. The normalized spacial score (nSPS) is 14.0. The number of fused-ring (bicyclic) bond motifs is 1. The second kappa shape index (κ2) is 5.55. The second-order valence-electron chi connectivity index (χ2n) is 5.26. The van der Waals surface area contributed by atoms with Gasteiger partial charge in [0.2, 0.25) is 0 Å². The van der Waals surface area contributed by atoms with Crippen LogP contribution in [0.15, 0.2) is 27.8 Å². The van der Waals surface area contributed by atoms with Crippen LogP contribution in [0.2, 0.25) is 0 Å². The maximum atomic E-state index is 12.2. The molecule has 0 amide bonds. The van der Waals surface area contributed by atoms with Gasteiger partial charge in [-0.1, -0.05) is 26.3 Å². The van der Waals surface area contributed by atoms with Crippen molar-refractivity contribution in [3.8, 4) is 0 Å². The van der Waals surface area contributed by atoms with Gasteiger partial charge >= 0.3 is 17.1 Å². The first-order chi connectivity index (χ1) is 9.88. The van der Waals surface area contributed by atoms with Gasteiger partial charge in [-0.3, -0.25) is 14.2 Å². The molecule has 0 aliphatic rings. The fraction of sp³-hybridized carbons (Fsp3) is 0.400. The quantitative estimate of drug-likeness (QED) is 0.842. The third-order valence-electron chi connectivity index (χ3n) is 4.04. The van der Waals surface area contributed by atoms with Crippen LogP contribution in [0.25, 0.3) is 11.0 Å². The van der Waals surface area contributed by atoms with Crippen LogP contribution in [-0.2, 0) is 0 Å². The first-order valence-electron chi connectivity index (χ1n) is 6.89. The highest BCUT2D eigenvalue weighted by molar-refractivity contribution is 6.00. The molecule has 1 aromatic carbocycles. The number of aromatic amines is 1. The van der Waals surface area contributed by atoms with Crippen molar-refractivity contribution in [3.05, 3.63) is 44.5 Å². The number of aromatic carboxylic acids is 1. The predicted octanol–water partition coefficient (Wildman–Crippen LogP) is 2.00. The van der Waals surface area contributed by atoms with Crippen molar-refractivity contribution in [2.24, 2.45) is 5.92 Å². The van der Waals surface area contributed by atoms with Crippen LogP contribution in [-0.4, -0.2) is 20.6 Å². The van der Waals surface area contributed by atoms with Gasteiger partial charge in [0, 0.05) is 6.04 Å². The standard InChI is InChI=1S/C15H18N2O4/c1-4-8(2)9(3)17-12-10(15(20)21)6-5-7-11(12)16-13(18)14(17)19/h5-9H,4H2,1-3H3,(H,16,18)(H,20,21). The van der Waals surface area contributed by atoms with Crippen LogP contribution in [0.3, 0.4) is 0 Å².